The van der Waals surface area contributed by atoms with Crippen molar-refractivity contribution in [2.24, 2.45) is 5.92 Å². The molecule has 2 fully saturated rings. The second kappa shape index (κ2) is 8.15. The molecule has 0 radical (unpaired) electrons. The lowest BCUT2D eigenvalue weighted by molar-refractivity contribution is -0.131. The quantitative estimate of drug-likeness (QED) is 0.821. The topological polar surface area (TPSA) is 53.6 Å². The van der Waals surface area contributed by atoms with Crippen molar-refractivity contribution >= 4 is 5.91 Å². The Bertz CT molecular complexity index is 565. The standard InChI is InChI=1S/C19H28FN3O2/c1-25-17-4-2-16(3-5-17)13-23-10-6-15(7-11-23)12-22-18(24)19(20)8-9-21-14-19/h2-5,15,21H,6-14H2,1H3,(H,22,24)/t19-/m1/s1. The van der Waals surface area contributed by atoms with Crippen LogP contribution in [0.15, 0.2) is 24.3 Å². The molecule has 3 rings (SSSR count). The highest BCUT2D eigenvalue weighted by atomic mass is 19.1. The number of nitrogens with one attached hydrogen (secondary N) is 2. The van der Waals surface area contributed by atoms with E-state index in [4.69, 9.17) is 4.74 Å². The maximum Gasteiger partial charge on any atom is 0.259 e. The number of piperidine rings is 1. The third kappa shape index (κ3) is 4.70. The molecule has 5 nitrogen and oxygen atoms in total. The third-order valence-electron chi connectivity index (χ3n) is 5.33. The van der Waals surface area contributed by atoms with E-state index in [0.717, 1.165) is 38.2 Å². The van der Waals surface area contributed by atoms with E-state index in [1.807, 2.05) is 12.1 Å². The first-order valence-corrected chi connectivity index (χ1v) is 9.12. The normalized spacial score (nSPS) is 25.0. The Morgan fingerprint density at radius 3 is 2.68 bits per heavy atom. The number of hydrogen-bond donors (Lipinski definition) is 2. The van der Waals surface area contributed by atoms with Crippen LogP contribution in [0.5, 0.6) is 5.75 Å². The number of amides is 1. The average molecular weight is 349 g/mol. The summed E-state index contributed by atoms with van der Waals surface area (Å²) >= 11 is 0. The molecule has 0 bridgehead atoms. The SMILES string of the molecule is COc1ccc(CN2CCC(CNC(=O)[C@@]3(F)CCNC3)CC2)cc1. The van der Waals surface area contributed by atoms with Gasteiger partial charge in [-0.05, 0) is 56.1 Å². The number of ether oxygens (including phenoxy) is 1. The second-order valence-corrected chi connectivity index (χ2v) is 7.17. The Hall–Kier alpha value is -1.66. The van der Waals surface area contributed by atoms with Gasteiger partial charge in [-0.15, -0.1) is 0 Å². The van der Waals surface area contributed by atoms with E-state index in [1.54, 1.807) is 7.11 Å². The zero-order chi connectivity index (χ0) is 17.7. The summed E-state index contributed by atoms with van der Waals surface area (Å²) in [6.45, 7) is 4.25. The largest absolute Gasteiger partial charge is 0.497 e. The van der Waals surface area contributed by atoms with Gasteiger partial charge in [0.25, 0.3) is 5.91 Å². The number of alkyl halides is 1. The van der Waals surface area contributed by atoms with Crippen molar-refractivity contribution in [1.29, 1.82) is 0 Å². The Morgan fingerprint density at radius 2 is 2.08 bits per heavy atom. The smallest absolute Gasteiger partial charge is 0.259 e. The molecule has 6 heteroatoms. The number of methoxy groups -OCH3 is 1. The minimum Gasteiger partial charge on any atom is -0.497 e. The monoisotopic (exact) mass is 349 g/mol. The molecular formula is C19H28FN3O2. The molecule has 2 aliphatic heterocycles. The van der Waals surface area contributed by atoms with Crippen LogP contribution in [-0.2, 0) is 11.3 Å². The molecule has 0 aliphatic carbocycles. The molecule has 2 N–H and O–H groups in total. The lowest BCUT2D eigenvalue weighted by Crippen LogP contribution is -2.47. The molecule has 0 aromatic heterocycles. The molecule has 138 valence electrons. The van der Waals surface area contributed by atoms with E-state index in [-0.39, 0.29) is 13.0 Å². The van der Waals surface area contributed by atoms with Crippen LogP contribution in [0.2, 0.25) is 0 Å². The van der Waals surface area contributed by atoms with Gasteiger partial charge in [0.2, 0.25) is 5.67 Å². The van der Waals surface area contributed by atoms with E-state index < -0.39 is 11.6 Å². The minimum absolute atomic E-state index is 0.138. The fourth-order valence-electron chi connectivity index (χ4n) is 3.59. The number of rotatable bonds is 6. The highest BCUT2D eigenvalue weighted by Crippen LogP contribution is 2.22. The van der Waals surface area contributed by atoms with Gasteiger partial charge in [-0.3, -0.25) is 9.69 Å². The van der Waals surface area contributed by atoms with Gasteiger partial charge in [0.1, 0.15) is 5.75 Å². The van der Waals surface area contributed by atoms with Gasteiger partial charge >= 0.3 is 0 Å². The molecular weight excluding hydrogens is 321 g/mol. The van der Waals surface area contributed by atoms with Crippen molar-refractivity contribution in [3.8, 4) is 5.75 Å². The fourth-order valence-corrected chi connectivity index (χ4v) is 3.59. The molecule has 2 heterocycles. The molecule has 1 aromatic rings. The zero-order valence-electron chi connectivity index (χ0n) is 14.9. The van der Waals surface area contributed by atoms with Gasteiger partial charge < -0.3 is 15.4 Å². The van der Waals surface area contributed by atoms with Gasteiger partial charge in [-0.1, -0.05) is 12.1 Å². The molecule has 1 amide bonds. The number of hydrogen-bond acceptors (Lipinski definition) is 4. The van der Waals surface area contributed by atoms with E-state index in [9.17, 15) is 9.18 Å². The van der Waals surface area contributed by atoms with Crippen molar-refractivity contribution in [3.05, 3.63) is 29.8 Å². The fraction of sp³-hybridized carbons (Fsp3) is 0.632. The summed E-state index contributed by atoms with van der Waals surface area (Å²) in [7, 11) is 1.67. The number of carbonyl (C=O) groups is 1. The van der Waals surface area contributed by atoms with Crippen molar-refractivity contribution in [1.82, 2.24) is 15.5 Å². The minimum atomic E-state index is -1.71. The molecule has 1 aromatic carbocycles. The van der Waals surface area contributed by atoms with Gasteiger partial charge in [0.05, 0.1) is 7.11 Å². The van der Waals surface area contributed by atoms with E-state index in [0.29, 0.717) is 19.0 Å². The van der Waals surface area contributed by atoms with Crippen LogP contribution in [0.4, 0.5) is 4.39 Å². The number of halogens is 1. The summed E-state index contributed by atoms with van der Waals surface area (Å²) in [6.07, 6.45) is 2.35. The first-order chi connectivity index (χ1) is 12.1. The zero-order valence-corrected chi connectivity index (χ0v) is 14.9. The van der Waals surface area contributed by atoms with Gasteiger partial charge in [-0.2, -0.15) is 0 Å². The maximum atomic E-state index is 14.3. The van der Waals surface area contributed by atoms with Crippen LogP contribution >= 0.6 is 0 Å². The van der Waals surface area contributed by atoms with Crippen LogP contribution in [0.25, 0.3) is 0 Å². The molecule has 0 spiro atoms. The Kier molecular flexibility index (Phi) is 5.91. The van der Waals surface area contributed by atoms with Crippen LogP contribution < -0.4 is 15.4 Å². The van der Waals surface area contributed by atoms with Crippen molar-refractivity contribution in [2.45, 2.75) is 31.5 Å². The van der Waals surface area contributed by atoms with Crippen LogP contribution in [0, 0.1) is 5.92 Å². The Labute approximate surface area is 148 Å². The van der Waals surface area contributed by atoms with E-state index >= 15 is 0 Å². The summed E-state index contributed by atoms with van der Waals surface area (Å²) in [5, 5.41) is 5.74. The predicted molar refractivity (Wildman–Crippen MR) is 95.3 cm³/mol. The maximum absolute atomic E-state index is 14.3. The predicted octanol–water partition coefficient (Wildman–Crippen LogP) is 1.72. The summed E-state index contributed by atoms with van der Waals surface area (Å²) in [5.41, 5.74) is -0.435. The summed E-state index contributed by atoms with van der Waals surface area (Å²) in [4.78, 5) is 14.4. The van der Waals surface area contributed by atoms with Crippen LogP contribution in [0.3, 0.4) is 0 Å². The van der Waals surface area contributed by atoms with Crippen molar-refractivity contribution < 1.29 is 13.9 Å². The number of nitrogens with zero attached hydrogens (tertiary/aromatic N) is 1. The lowest BCUT2D eigenvalue weighted by atomic mass is 9.95. The molecule has 25 heavy (non-hydrogen) atoms. The molecule has 2 saturated heterocycles. The van der Waals surface area contributed by atoms with Crippen molar-refractivity contribution in [2.75, 3.05) is 39.8 Å². The van der Waals surface area contributed by atoms with E-state index in [2.05, 4.69) is 27.7 Å². The number of carbonyl (C=O) groups excluding carboxylic acids is 1. The van der Waals surface area contributed by atoms with Crippen LogP contribution in [0.1, 0.15) is 24.8 Å². The van der Waals surface area contributed by atoms with Gasteiger partial charge in [-0.25, -0.2) is 4.39 Å². The third-order valence-corrected chi connectivity index (χ3v) is 5.33. The van der Waals surface area contributed by atoms with Gasteiger partial charge in [0.15, 0.2) is 0 Å². The van der Waals surface area contributed by atoms with E-state index in [1.165, 1.54) is 5.56 Å². The van der Waals surface area contributed by atoms with Crippen molar-refractivity contribution in [3.63, 3.8) is 0 Å². The summed E-state index contributed by atoms with van der Waals surface area (Å²) in [5.74, 6) is 0.869. The Morgan fingerprint density at radius 1 is 1.36 bits per heavy atom. The average Bonchev–Trinajstić information content (AvgIpc) is 3.09. The Balaban J connectivity index is 1.38. The first kappa shape index (κ1) is 18.1. The molecule has 2 aliphatic rings. The second-order valence-electron chi connectivity index (χ2n) is 7.17. The molecule has 1 atom stereocenters. The molecule has 0 unspecified atom stereocenters. The highest BCUT2D eigenvalue weighted by Gasteiger charge is 2.41. The van der Waals surface area contributed by atoms with Crippen LogP contribution in [-0.4, -0.2) is 56.3 Å². The highest BCUT2D eigenvalue weighted by molar-refractivity contribution is 5.85. The first-order valence-electron chi connectivity index (χ1n) is 9.12. The summed E-state index contributed by atoms with van der Waals surface area (Å²) in [6, 6.07) is 8.17. The molecule has 0 saturated carbocycles. The number of benzene rings is 1. The number of likely N-dealkylation sites (tertiary alicyclic amines) is 1. The summed E-state index contributed by atoms with van der Waals surface area (Å²) < 4.78 is 19.5. The van der Waals surface area contributed by atoms with Gasteiger partial charge in [0, 0.05) is 26.1 Å². The lowest BCUT2D eigenvalue weighted by Gasteiger charge is -2.32.